The number of primary amides is 1. The molecule has 2 aromatic rings. The SMILES string of the molecule is C[C@H]1COc2nc(C(N)=O)c(Cc3ccc(F)cc3F)cc2N1C(=O)OC(C)(C)C. The molecule has 0 saturated carbocycles. The van der Waals surface area contributed by atoms with E-state index in [1.54, 1.807) is 27.7 Å². The normalized spacial score (nSPS) is 15.9. The molecule has 30 heavy (non-hydrogen) atoms. The van der Waals surface area contributed by atoms with Crippen LogP contribution >= 0.6 is 0 Å². The average Bonchev–Trinajstić information content (AvgIpc) is 2.61. The van der Waals surface area contributed by atoms with Gasteiger partial charge in [0.05, 0.1) is 6.04 Å². The van der Waals surface area contributed by atoms with Gasteiger partial charge in [-0.05, 0) is 51.0 Å². The van der Waals surface area contributed by atoms with Crippen molar-refractivity contribution < 1.29 is 27.8 Å². The third kappa shape index (κ3) is 4.50. The number of amides is 2. The quantitative estimate of drug-likeness (QED) is 0.821. The first kappa shape index (κ1) is 21.5. The number of fused-ring (bicyclic) bond motifs is 1. The Labute approximate surface area is 172 Å². The van der Waals surface area contributed by atoms with Crippen molar-refractivity contribution in [3.63, 3.8) is 0 Å². The molecule has 0 fully saturated rings. The van der Waals surface area contributed by atoms with Gasteiger partial charge in [-0.15, -0.1) is 0 Å². The molecule has 7 nitrogen and oxygen atoms in total. The van der Waals surface area contributed by atoms with Crippen molar-refractivity contribution in [2.75, 3.05) is 11.5 Å². The maximum atomic E-state index is 14.2. The first-order chi connectivity index (χ1) is 14.0. The molecule has 160 valence electrons. The highest BCUT2D eigenvalue weighted by Crippen LogP contribution is 2.36. The summed E-state index contributed by atoms with van der Waals surface area (Å²) in [6.07, 6.45) is -0.687. The van der Waals surface area contributed by atoms with Crippen molar-refractivity contribution in [1.82, 2.24) is 4.98 Å². The molecule has 1 aromatic carbocycles. The molecule has 0 radical (unpaired) electrons. The lowest BCUT2D eigenvalue weighted by molar-refractivity contribution is 0.0546. The first-order valence-corrected chi connectivity index (χ1v) is 9.39. The molecule has 3 rings (SSSR count). The molecule has 1 aliphatic rings. The monoisotopic (exact) mass is 419 g/mol. The zero-order valence-electron chi connectivity index (χ0n) is 17.2. The third-order valence-electron chi connectivity index (χ3n) is 4.43. The number of rotatable bonds is 3. The fourth-order valence-electron chi connectivity index (χ4n) is 3.12. The van der Waals surface area contributed by atoms with Gasteiger partial charge in [-0.2, -0.15) is 0 Å². The smallest absolute Gasteiger partial charge is 0.415 e. The van der Waals surface area contributed by atoms with Gasteiger partial charge in [0.2, 0.25) is 5.88 Å². The molecular formula is C21H23F2N3O4. The van der Waals surface area contributed by atoms with Crippen LogP contribution in [0.4, 0.5) is 19.3 Å². The lowest BCUT2D eigenvalue weighted by Crippen LogP contribution is -2.47. The van der Waals surface area contributed by atoms with Crippen molar-refractivity contribution in [1.29, 1.82) is 0 Å². The lowest BCUT2D eigenvalue weighted by atomic mass is 10.0. The third-order valence-corrected chi connectivity index (χ3v) is 4.43. The summed E-state index contributed by atoms with van der Waals surface area (Å²) in [6, 6.07) is 4.28. The highest BCUT2D eigenvalue weighted by molar-refractivity contribution is 5.95. The Bertz CT molecular complexity index is 1000. The van der Waals surface area contributed by atoms with E-state index in [4.69, 9.17) is 15.2 Å². The van der Waals surface area contributed by atoms with E-state index in [-0.39, 0.29) is 47.5 Å². The van der Waals surface area contributed by atoms with Crippen LogP contribution in [0.3, 0.4) is 0 Å². The number of nitrogens with two attached hydrogens (primary N) is 1. The van der Waals surface area contributed by atoms with Gasteiger partial charge in [-0.3, -0.25) is 9.69 Å². The number of benzene rings is 1. The molecule has 2 heterocycles. The van der Waals surface area contributed by atoms with Crippen LogP contribution in [0.1, 0.15) is 49.3 Å². The van der Waals surface area contributed by atoms with Crippen LogP contribution in [0.5, 0.6) is 5.88 Å². The summed E-state index contributed by atoms with van der Waals surface area (Å²) in [7, 11) is 0. The number of ether oxygens (including phenoxy) is 2. The zero-order chi connectivity index (χ0) is 22.2. The number of aromatic nitrogens is 1. The summed E-state index contributed by atoms with van der Waals surface area (Å²) in [5.41, 5.74) is 5.32. The Kier molecular flexibility index (Phi) is 5.65. The molecule has 0 unspecified atom stereocenters. The topological polar surface area (TPSA) is 94.8 Å². The number of halogens is 2. The fourth-order valence-corrected chi connectivity index (χ4v) is 3.12. The largest absolute Gasteiger partial charge is 0.474 e. The van der Waals surface area contributed by atoms with E-state index >= 15 is 0 Å². The second kappa shape index (κ2) is 7.89. The second-order valence-corrected chi connectivity index (χ2v) is 8.11. The summed E-state index contributed by atoms with van der Waals surface area (Å²) in [6.45, 7) is 7.15. The summed E-state index contributed by atoms with van der Waals surface area (Å²) < 4.78 is 38.5. The Balaban J connectivity index is 2.08. The molecule has 1 atom stereocenters. The van der Waals surface area contributed by atoms with Gasteiger partial charge in [-0.25, -0.2) is 18.6 Å². The van der Waals surface area contributed by atoms with E-state index in [0.29, 0.717) is 0 Å². The number of carbonyl (C=O) groups is 2. The van der Waals surface area contributed by atoms with Gasteiger partial charge in [0.25, 0.3) is 5.91 Å². The number of hydrogen-bond donors (Lipinski definition) is 1. The molecule has 1 aromatic heterocycles. The molecule has 2 amide bonds. The minimum absolute atomic E-state index is 0.0519. The molecular weight excluding hydrogens is 396 g/mol. The van der Waals surface area contributed by atoms with Crippen LogP contribution in [0.25, 0.3) is 0 Å². The van der Waals surface area contributed by atoms with E-state index in [1.165, 1.54) is 17.0 Å². The van der Waals surface area contributed by atoms with E-state index in [9.17, 15) is 18.4 Å². The predicted molar refractivity (Wildman–Crippen MR) is 106 cm³/mol. The average molecular weight is 419 g/mol. The fraction of sp³-hybridized carbons (Fsp3) is 0.381. The van der Waals surface area contributed by atoms with Crippen molar-refractivity contribution in [3.05, 3.63) is 52.7 Å². The molecule has 2 N–H and O–H groups in total. The maximum Gasteiger partial charge on any atom is 0.415 e. The summed E-state index contributed by atoms with van der Waals surface area (Å²) in [5.74, 6) is -2.26. The number of hydrogen-bond acceptors (Lipinski definition) is 5. The van der Waals surface area contributed by atoms with Gasteiger partial charge in [0, 0.05) is 12.5 Å². The Morgan fingerprint density at radius 2 is 1.97 bits per heavy atom. The zero-order valence-corrected chi connectivity index (χ0v) is 17.2. The van der Waals surface area contributed by atoms with Crippen LogP contribution in [-0.2, 0) is 11.2 Å². The van der Waals surface area contributed by atoms with Crippen LogP contribution in [0.15, 0.2) is 24.3 Å². The van der Waals surface area contributed by atoms with Gasteiger partial charge in [-0.1, -0.05) is 6.07 Å². The summed E-state index contributed by atoms with van der Waals surface area (Å²) >= 11 is 0. The Morgan fingerprint density at radius 3 is 2.57 bits per heavy atom. The summed E-state index contributed by atoms with van der Waals surface area (Å²) in [5, 5.41) is 0. The minimum Gasteiger partial charge on any atom is -0.474 e. The number of carbonyl (C=O) groups excluding carboxylic acids is 2. The number of anilines is 1. The second-order valence-electron chi connectivity index (χ2n) is 8.11. The molecule has 0 bridgehead atoms. The van der Waals surface area contributed by atoms with Gasteiger partial charge in [0.1, 0.15) is 35.2 Å². The van der Waals surface area contributed by atoms with E-state index in [1.807, 2.05) is 0 Å². The molecule has 9 heteroatoms. The highest BCUT2D eigenvalue weighted by atomic mass is 19.1. The van der Waals surface area contributed by atoms with Crippen molar-refractivity contribution in [2.24, 2.45) is 5.73 Å². The molecule has 0 saturated heterocycles. The van der Waals surface area contributed by atoms with E-state index < -0.39 is 29.2 Å². The maximum absolute atomic E-state index is 14.2. The van der Waals surface area contributed by atoms with Gasteiger partial charge in [0.15, 0.2) is 0 Å². The Hall–Kier alpha value is -3.23. The molecule has 0 aliphatic carbocycles. The highest BCUT2D eigenvalue weighted by Gasteiger charge is 2.35. The first-order valence-electron chi connectivity index (χ1n) is 9.39. The lowest BCUT2D eigenvalue weighted by Gasteiger charge is -2.35. The van der Waals surface area contributed by atoms with E-state index in [0.717, 1.165) is 12.1 Å². The van der Waals surface area contributed by atoms with Crippen molar-refractivity contribution in [3.8, 4) is 5.88 Å². The van der Waals surface area contributed by atoms with Crippen LogP contribution in [0.2, 0.25) is 0 Å². The van der Waals surface area contributed by atoms with Gasteiger partial charge >= 0.3 is 6.09 Å². The van der Waals surface area contributed by atoms with Crippen LogP contribution < -0.4 is 15.4 Å². The minimum atomic E-state index is -0.832. The number of pyridine rings is 1. The molecule has 1 aliphatic heterocycles. The van der Waals surface area contributed by atoms with Crippen LogP contribution in [-0.4, -0.2) is 35.2 Å². The van der Waals surface area contributed by atoms with Gasteiger partial charge < -0.3 is 15.2 Å². The number of nitrogens with zero attached hydrogens (tertiary/aromatic N) is 2. The van der Waals surface area contributed by atoms with Crippen molar-refractivity contribution in [2.45, 2.75) is 45.8 Å². The van der Waals surface area contributed by atoms with Crippen LogP contribution in [0, 0.1) is 11.6 Å². The molecule has 0 spiro atoms. The van der Waals surface area contributed by atoms with E-state index in [2.05, 4.69) is 4.98 Å². The van der Waals surface area contributed by atoms with Crippen molar-refractivity contribution >= 4 is 17.7 Å². The summed E-state index contributed by atoms with van der Waals surface area (Å²) in [4.78, 5) is 30.3. The predicted octanol–water partition coefficient (Wildman–Crippen LogP) is 3.57. The standard InChI is InChI=1S/C21H23F2N3O4/c1-11-10-29-19-16(26(11)20(28)30-21(2,3)4)8-13(17(25-19)18(24)27)7-12-5-6-14(22)9-15(12)23/h5-6,8-9,11H,7,10H2,1-4H3,(H2,24,27)/t11-/m0/s1. The Morgan fingerprint density at radius 1 is 1.27 bits per heavy atom.